The van der Waals surface area contributed by atoms with Crippen molar-refractivity contribution >= 4 is 40.0 Å². The van der Waals surface area contributed by atoms with E-state index < -0.39 is 10.4 Å². The topological polar surface area (TPSA) is 124 Å². The summed E-state index contributed by atoms with van der Waals surface area (Å²) in [6.45, 7) is 0. The summed E-state index contributed by atoms with van der Waals surface area (Å²) in [4.78, 5) is 0. The predicted molar refractivity (Wildman–Crippen MR) is 27.7 cm³/mol. The molecule has 4 N–H and O–H groups in total. The second-order valence-corrected chi connectivity index (χ2v) is 1.51. The van der Waals surface area contributed by atoms with Gasteiger partial charge >= 0.3 is 40.0 Å². The summed E-state index contributed by atoms with van der Waals surface area (Å²) in [5.74, 6) is 0. The maximum absolute atomic E-state index is 9.08. The molecule has 0 aliphatic rings. The average molecular weight is 172 g/mol. The van der Waals surface area contributed by atoms with Crippen LogP contribution in [0.2, 0.25) is 0 Å². The van der Waals surface area contributed by atoms with E-state index in [-0.39, 0.29) is 29.6 Å². The molecule has 0 fully saturated rings. The van der Waals surface area contributed by atoms with Gasteiger partial charge in [0.2, 0.25) is 0 Å². The van der Waals surface area contributed by atoms with Crippen molar-refractivity contribution in [3.8, 4) is 0 Å². The molecule has 0 aromatic carbocycles. The molecule has 0 saturated heterocycles. The van der Waals surface area contributed by atoms with Gasteiger partial charge in [-0.2, -0.15) is 8.42 Å². The van der Waals surface area contributed by atoms with Crippen LogP contribution in [0, 0.1) is 0 Å². The number of hydrogen-bond acceptors (Lipinski definition) is 6. The molecule has 0 radical (unpaired) electrons. The Morgan fingerprint density at radius 3 is 1.33 bits per heavy atom. The second kappa shape index (κ2) is 8.75. The number of hydrogen-bond donors (Lipinski definition) is 4. The first-order chi connectivity index (χ1) is 3.56. The molecule has 0 aliphatic heterocycles. The van der Waals surface area contributed by atoms with Crippen molar-refractivity contribution in [2.24, 2.45) is 0 Å². The second-order valence-electron chi connectivity index (χ2n) is 0.502. The third-order valence-corrected chi connectivity index (χ3v) is 0.283. The van der Waals surface area contributed by atoms with Crippen LogP contribution in [0.1, 0.15) is 0 Å². The van der Waals surface area contributed by atoms with Crippen molar-refractivity contribution in [3.63, 3.8) is 0 Å². The molecule has 0 aliphatic carbocycles. The van der Waals surface area contributed by atoms with Gasteiger partial charge in [-0.3, -0.25) is 15.1 Å². The molecule has 0 bridgehead atoms. The molecule has 0 spiro atoms. The van der Waals surface area contributed by atoms with E-state index in [1.807, 2.05) is 0 Å². The standard InChI is InChI=1S/Na.H2O5S.H2O2.H/c;1-5-6(2,3)4;1-2;/h;1H,(H,2,3,4);1-2H;. The van der Waals surface area contributed by atoms with Crippen LogP contribution in [-0.2, 0) is 14.7 Å². The van der Waals surface area contributed by atoms with Gasteiger partial charge in [0.05, 0.1) is 0 Å². The first-order valence-electron chi connectivity index (χ1n) is 1.07. The summed E-state index contributed by atoms with van der Waals surface area (Å²) >= 11 is 0. The van der Waals surface area contributed by atoms with E-state index in [0.717, 1.165) is 0 Å². The van der Waals surface area contributed by atoms with Gasteiger partial charge in [-0.15, -0.1) is 0 Å². The van der Waals surface area contributed by atoms with Crippen molar-refractivity contribution in [2.45, 2.75) is 0 Å². The number of rotatable bonds is 1. The van der Waals surface area contributed by atoms with Gasteiger partial charge in [-0.25, -0.2) is 5.26 Å². The SMILES string of the molecule is O=S(=O)(O)OO.OO.[NaH]. The molecule has 0 atom stereocenters. The zero-order valence-electron chi connectivity index (χ0n) is 3.42. The van der Waals surface area contributed by atoms with E-state index in [1.54, 1.807) is 0 Å². The molecule has 54 valence electrons. The van der Waals surface area contributed by atoms with E-state index in [9.17, 15) is 0 Å². The van der Waals surface area contributed by atoms with Crippen molar-refractivity contribution in [1.29, 1.82) is 0 Å². The predicted octanol–water partition coefficient (Wildman–Crippen LogP) is -1.35. The van der Waals surface area contributed by atoms with E-state index in [2.05, 4.69) is 4.33 Å². The van der Waals surface area contributed by atoms with Crippen LogP contribution in [0.5, 0.6) is 0 Å². The molecule has 7 nitrogen and oxygen atoms in total. The first-order valence-corrected chi connectivity index (χ1v) is 2.43. The Kier molecular flexibility index (Phi) is 15.9. The Morgan fingerprint density at radius 1 is 1.22 bits per heavy atom. The molecular weight excluding hydrogens is 167 g/mol. The summed E-state index contributed by atoms with van der Waals surface area (Å²) in [6.07, 6.45) is 0. The van der Waals surface area contributed by atoms with Crippen LogP contribution < -0.4 is 0 Å². The molecular formula is H5NaO7S. The van der Waals surface area contributed by atoms with E-state index in [4.69, 9.17) is 28.7 Å². The van der Waals surface area contributed by atoms with Crippen LogP contribution >= 0.6 is 0 Å². The van der Waals surface area contributed by atoms with Crippen molar-refractivity contribution in [2.75, 3.05) is 0 Å². The minimum atomic E-state index is -4.61. The molecule has 0 amide bonds. The Bertz CT molecular complexity index is 111. The summed E-state index contributed by atoms with van der Waals surface area (Å²) in [5.41, 5.74) is 0. The Morgan fingerprint density at radius 2 is 1.33 bits per heavy atom. The van der Waals surface area contributed by atoms with Gasteiger partial charge in [-0.1, -0.05) is 4.33 Å². The fraction of sp³-hybridized carbons (Fsp3) is 0. The van der Waals surface area contributed by atoms with Crippen LogP contribution in [0.3, 0.4) is 0 Å². The van der Waals surface area contributed by atoms with E-state index >= 15 is 0 Å². The van der Waals surface area contributed by atoms with E-state index in [0.29, 0.717) is 0 Å². The zero-order chi connectivity index (χ0) is 7.21. The fourth-order valence-electron chi connectivity index (χ4n) is 0. The summed E-state index contributed by atoms with van der Waals surface area (Å²) in [5, 5.41) is 19.1. The van der Waals surface area contributed by atoms with Crippen molar-refractivity contribution in [1.82, 2.24) is 0 Å². The Hall–Kier alpha value is 0.750. The first kappa shape index (κ1) is 16.4. The van der Waals surface area contributed by atoms with Gasteiger partial charge in [0.25, 0.3) is 0 Å². The fourth-order valence-corrected chi connectivity index (χ4v) is 0. The van der Waals surface area contributed by atoms with Gasteiger partial charge in [0, 0.05) is 0 Å². The third kappa shape index (κ3) is 28.4. The van der Waals surface area contributed by atoms with Crippen LogP contribution in [0.15, 0.2) is 0 Å². The molecule has 0 heterocycles. The van der Waals surface area contributed by atoms with Gasteiger partial charge in [-0.05, 0) is 0 Å². The molecule has 0 rings (SSSR count). The van der Waals surface area contributed by atoms with Gasteiger partial charge in [0.1, 0.15) is 0 Å². The molecule has 0 saturated carbocycles. The van der Waals surface area contributed by atoms with Crippen molar-refractivity contribution < 1.29 is 33.1 Å². The summed E-state index contributed by atoms with van der Waals surface area (Å²) in [7, 11) is -4.61. The Labute approximate surface area is 73.0 Å². The normalized spacial score (nSPS) is 8.44. The zero-order valence-corrected chi connectivity index (χ0v) is 4.24. The summed E-state index contributed by atoms with van der Waals surface area (Å²) in [6, 6.07) is 0. The average Bonchev–Trinajstić information content (AvgIpc) is 1.71. The molecule has 9 heteroatoms. The minimum absolute atomic E-state index is 0. The maximum atomic E-state index is 9.08. The molecule has 0 aromatic heterocycles. The van der Waals surface area contributed by atoms with E-state index in [1.165, 1.54) is 0 Å². The van der Waals surface area contributed by atoms with Gasteiger partial charge < -0.3 is 0 Å². The Balaban J connectivity index is -0.000000109. The summed E-state index contributed by atoms with van der Waals surface area (Å²) < 4.78 is 28.0. The molecule has 0 unspecified atom stereocenters. The van der Waals surface area contributed by atoms with Crippen LogP contribution in [0.4, 0.5) is 0 Å². The monoisotopic (exact) mass is 172 g/mol. The molecule has 9 heavy (non-hydrogen) atoms. The van der Waals surface area contributed by atoms with Crippen LogP contribution in [-0.4, -0.2) is 58.3 Å². The third-order valence-electron chi connectivity index (χ3n) is 0.0942. The van der Waals surface area contributed by atoms with Gasteiger partial charge in [0.15, 0.2) is 0 Å². The molecule has 0 aromatic rings. The quantitative estimate of drug-likeness (QED) is 0.167. The van der Waals surface area contributed by atoms with Crippen molar-refractivity contribution in [3.05, 3.63) is 0 Å². The van der Waals surface area contributed by atoms with Crippen LogP contribution in [0.25, 0.3) is 0 Å².